The Kier molecular flexibility index (Phi) is 13.1. The van der Waals surface area contributed by atoms with Crippen molar-refractivity contribution in [3.05, 3.63) is 56.4 Å². The van der Waals surface area contributed by atoms with Gasteiger partial charge in [0.15, 0.2) is 6.61 Å². The standard InChI is InChI=1S/C14H16BrNO3.C12H14BrNO2/c1-9(2)11-5-14(18-4)12(15)6-13(11)19-10(7-16)8-17-3;1-8(2)9-6-12(15-3)10(13)7-11(9)16-5-4-14/h5-6,8-9H,1-4H3;6-8H,5H2,1-3H3/b10-8+;. The highest BCUT2D eigenvalue weighted by Gasteiger charge is 2.15. The molecule has 0 fully saturated rings. The molecule has 35 heavy (non-hydrogen) atoms. The quantitative estimate of drug-likeness (QED) is 0.215. The fourth-order valence-electron chi connectivity index (χ4n) is 2.94. The molecule has 0 aromatic heterocycles. The Balaban J connectivity index is 0.000000355. The molecule has 2 aromatic carbocycles. The first-order valence-corrected chi connectivity index (χ1v) is 12.3. The van der Waals surface area contributed by atoms with E-state index in [1.54, 1.807) is 20.3 Å². The lowest BCUT2D eigenvalue weighted by Gasteiger charge is -2.15. The van der Waals surface area contributed by atoms with Crippen LogP contribution < -0.4 is 18.9 Å². The number of benzene rings is 2. The molecule has 9 heteroatoms. The van der Waals surface area contributed by atoms with Gasteiger partial charge in [-0.2, -0.15) is 10.5 Å². The predicted octanol–water partition coefficient (Wildman–Crippen LogP) is 7.45. The summed E-state index contributed by atoms with van der Waals surface area (Å²) in [5.74, 6) is 3.48. The summed E-state index contributed by atoms with van der Waals surface area (Å²) in [7, 11) is 4.70. The van der Waals surface area contributed by atoms with E-state index in [1.807, 2.05) is 44.2 Å². The van der Waals surface area contributed by atoms with E-state index in [-0.39, 0.29) is 18.3 Å². The van der Waals surface area contributed by atoms with E-state index in [1.165, 1.54) is 13.4 Å². The largest absolute Gasteiger partial charge is 0.500 e. The fourth-order valence-corrected chi connectivity index (χ4v) is 3.91. The van der Waals surface area contributed by atoms with Gasteiger partial charge in [0.2, 0.25) is 5.76 Å². The molecule has 0 bridgehead atoms. The van der Waals surface area contributed by atoms with E-state index in [9.17, 15) is 0 Å². The van der Waals surface area contributed by atoms with Crippen molar-refractivity contribution in [2.45, 2.75) is 39.5 Å². The van der Waals surface area contributed by atoms with Crippen molar-refractivity contribution < 1.29 is 23.7 Å². The van der Waals surface area contributed by atoms with Crippen molar-refractivity contribution in [2.75, 3.05) is 27.9 Å². The SMILES string of the molecule is CO/C=C(\C#N)Oc1cc(Br)c(OC)cc1C(C)C.COc1cc(C(C)C)c(OCC#N)cc1Br. The summed E-state index contributed by atoms with van der Waals surface area (Å²) in [4.78, 5) is 0. The van der Waals surface area contributed by atoms with Gasteiger partial charge in [-0.05, 0) is 68.0 Å². The molecule has 0 radical (unpaired) electrons. The summed E-state index contributed by atoms with van der Waals surface area (Å²) in [5.41, 5.74) is 1.99. The Morgan fingerprint density at radius 2 is 1.31 bits per heavy atom. The van der Waals surface area contributed by atoms with E-state index in [4.69, 9.17) is 34.2 Å². The van der Waals surface area contributed by atoms with Crippen molar-refractivity contribution in [3.63, 3.8) is 0 Å². The van der Waals surface area contributed by atoms with Gasteiger partial charge in [0.25, 0.3) is 0 Å². The molecule has 0 N–H and O–H groups in total. The third-order valence-electron chi connectivity index (χ3n) is 4.66. The minimum Gasteiger partial charge on any atom is -0.500 e. The van der Waals surface area contributed by atoms with Crippen LogP contribution in [0.4, 0.5) is 0 Å². The Morgan fingerprint density at radius 3 is 1.71 bits per heavy atom. The van der Waals surface area contributed by atoms with Crippen molar-refractivity contribution >= 4 is 31.9 Å². The molecule has 0 spiro atoms. The Morgan fingerprint density at radius 1 is 0.829 bits per heavy atom. The molecule has 0 aliphatic heterocycles. The number of ether oxygens (including phenoxy) is 5. The molecule has 0 aliphatic carbocycles. The number of nitrogens with zero attached hydrogens (tertiary/aromatic N) is 2. The first kappa shape index (κ1) is 30.2. The molecule has 7 nitrogen and oxygen atoms in total. The number of methoxy groups -OCH3 is 3. The second-order valence-electron chi connectivity index (χ2n) is 7.74. The van der Waals surface area contributed by atoms with Crippen LogP contribution in [0.1, 0.15) is 50.7 Å². The molecule has 2 rings (SSSR count). The molecular weight excluding hydrogens is 580 g/mol. The van der Waals surface area contributed by atoms with Gasteiger partial charge in [0, 0.05) is 11.1 Å². The van der Waals surface area contributed by atoms with Gasteiger partial charge >= 0.3 is 0 Å². The van der Waals surface area contributed by atoms with Crippen LogP contribution in [-0.4, -0.2) is 27.9 Å². The Bertz CT molecular complexity index is 1100. The van der Waals surface area contributed by atoms with Crippen LogP contribution >= 0.6 is 31.9 Å². The summed E-state index contributed by atoms with van der Waals surface area (Å²) in [5, 5.41) is 17.5. The highest BCUT2D eigenvalue weighted by atomic mass is 79.9. The summed E-state index contributed by atoms with van der Waals surface area (Å²) in [6, 6.07) is 11.3. The maximum Gasteiger partial charge on any atom is 0.238 e. The highest BCUT2D eigenvalue weighted by molar-refractivity contribution is 9.10. The van der Waals surface area contributed by atoms with Crippen LogP contribution in [0.5, 0.6) is 23.0 Å². The number of allylic oxidation sites excluding steroid dienone is 1. The number of hydrogen-bond acceptors (Lipinski definition) is 7. The second kappa shape index (κ2) is 15.2. The van der Waals surface area contributed by atoms with Crippen LogP contribution in [0.2, 0.25) is 0 Å². The molecular formula is C26H30Br2N2O5. The van der Waals surface area contributed by atoms with Crippen LogP contribution in [0.15, 0.2) is 45.2 Å². The smallest absolute Gasteiger partial charge is 0.238 e. The second-order valence-corrected chi connectivity index (χ2v) is 9.45. The Hall–Kier alpha value is -2.88. The fraction of sp³-hybridized carbons (Fsp3) is 0.385. The summed E-state index contributed by atoms with van der Waals surface area (Å²) < 4.78 is 27.8. The van der Waals surface area contributed by atoms with E-state index >= 15 is 0 Å². The molecule has 0 heterocycles. The van der Waals surface area contributed by atoms with Crippen LogP contribution in [0.25, 0.3) is 0 Å². The lowest BCUT2D eigenvalue weighted by atomic mass is 10.0. The summed E-state index contributed by atoms with van der Waals surface area (Å²) in [6.45, 7) is 8.28. The van der Waals surface area contributed by atoms with Crippen molar-refractivity contribution in [3.8, 4) is 35.1 Å². The van der Waals surface area contributed by atoms with E-state index in [0.717, 1.165) is 37.3 Å². The van der Waals surface area contributed by atoms with Crippen molar-refractivity contribution in [2.24, 2.45) is 0 Å². The van der Waals surface area contributed by atoms with Gasteiger partial charge < -0.3 is 23.7 Å². The van der Waals surface area contributed by atoms with E-state index < -0.39 is 0 Å². The van der Waals surface area contributed by atoms with Gasteiger partial charge in [-0.3, -0.25) is 0 Å². The van der Waals surface area contributed by atoms with Gasteiger partial charge in [0.05, 0.1) is 30.3 Å². The van der Waals surface area contributed by atoms with Crippen molar-refractivity contribution in [1.29, 1.82) is 10.5 Å². The molecule has 188 valence electrons. The molecule has 2 aromatic rings. The zero-order valence-electron chi connectivity index (χ0n) is 20.9. The van der Waals surface area contributed by atoms with E-state index in [0.29, 0.717) is 11.7 Å². The summed E-state index contributed by atoms with van der Waals surface area (Å²) in [6.07, 6.45) is 1.27. The average Bonchev–Trinajstić information content (AvgIpc) is 2.82. The minimum atomic E-state index is 0.0541. The first-order chi connectivity index (χ1) is 16.6. The maximum atomic E-state index is 8.96. The predicted molar refractivity (Wildman–Crippen MR) is 142 cm³/mol. The number of halogens is 2. The highest BCUT2D eigenvalue weighted by Crippen LogP contribution is 2.38. The Labute approximate surface area is 224 Å². The van der Waals surface area contributed by atoms with Crippen LogP contribution in [0.3, 0.4) is 0 Å². The molecule has 0 unspecified atom stereocenters. The van der Waals surface area contributed by atoms with Crippen molar-refractivity contribution in [1.82, 2.24) is 0 Å². The van der Waals surface area contributed by atoms with Crippen LogP contribution in [0, 0.1) is 22.7 Å². The summed E-state index contributed by atoms with van der Waals surface area (Å²) >= 11 is 6.80. The third kappa shape index (κ3) is 9.01. The molecule has 0 saturated heterocycles. The van der Waals surface area contributed by atoms with Gasteiger partial charge in [-0.15, -0.1) is 0 Å². The normalized spacial score (nSPS) is 10.6. The lowest BCUT2D eigenvalue weighted by Crippen LogP contribution is -2.00. The lowest BCUT2D eigenvalue weighted by molar-refractivity contribution is 0.309. The molecule has 0 aliphatic rings. The molecule has 0 saturated carbocycles. The zero-order chi connectivity index (χ0) is 26.5. The van der Waals surface area contributed by atoms with Gasteiger partial charge in [-0.25, -0.2) is 0 Å². The number of hydrogen-bond donors (Lipinski definition) is 0. The monoisotopic (exact) mass is 608 g/mol. The first-order valence-electron chi connectivity index (χ1n) is 10.7. The van der Waals surface area contributed by atoms with Crippen LogP contribution in [-0.2, 0) is 4.74 Å². The van der Waals surface area contributed by atoms with Gasteiger partial charge in [0.1, 0.15) is 41.4 Å². The maximum absolute atomic E-state index is 8.96. The molecule has 0 amide bonds. The topological polar surface area (TPSA) is 93.7 Å². The number of rotatable bonds is 9. The van der Waals surface area contributed by atoms with Gasteiger partial charge in [-0.1, -0.05) is 27.7 Å². The average molecular weight is 610 g/mol. The minimum absolute atomic E-state index is 0.0541. The number of nitriles is 2. The third-order valence-corrected chi connectivity index (χ3v) is 5.90. The zero-order valence-corrected chi connectivity index (χ0v) is 24.1. The van der Waals surface area contributed by atoms with E-state index in [2.05, 4.69) is 45.7 Å². The molecule has 0 atom stereocenters.